The summed E-state index contributed by atoms with van der Waals surface area (Å²) in [4.78, 5) is 39.4. The Bertz CT molecular complexity index is 1140. The van der Waals surface area contributed by atoms with Crippen LogP contribution in [0.2, 0.25) is 0 Å². The number of amides is 2. The van der Waals surface area contributed by atoms with Crippen molar-refractivity contribution in [2.24, 2.45) is 0 Å². The zero-order valence-corrected chi connectivity index (χ0v) is 15.5. The molecular weight excluding hydrogens is 393 g/mol. The molecule has 2 N–H and O–H groups in total. The highest BCUT2D eigenvalue weighted by molar-refractivity contribution is 5.95. The third-order valence-corrected chi connectivity index (χ3v) is 4.80. The monoisotopic (exact) mass is 409 g/mol. The average molecular weight is 409 g/mol. The lowest BCUT2D eigenvalue weighted by molar-refractivity contribution is -0.384. The molecule has 30 heavy (non-hydrogen) atoms. The summed E-state index contributed by atoms with van der Waals surface area (Å²) in [5.41, 5.74) is 0.853. The van der Waals surface area contributed by atoms with E-state index in [0.29, 0.717) is 11.4 Å². The first kappa shape index (κ1) is 19.2. The molecule has 0 saturated carbocycles. The highest BCUT2D eigenvalue weighted by atomic mass is 19.1. The van der Waals surface area contributed by atoms with Crippen LogP contribution in [-0.4, -0.2) is 32.8 Å². The zero-order chi connectivity index (χ0) is 21.3. The molecular formula is C20H16FN5O4. The van der Waals surface area contributed by atoms with Crippen molar-refractivity contribution in [1.29, 1.82) is 0 Å². The lowest BCUT2D eigenvalue weighted by Gasteiger charge is -2.27. The van der Waals surface area contributed by atoms with Crippen LogP contribution >= 0.6 is 0 Å². The molecule has 2 amide bonds. The maximum Gasteiger partial charge on any atom is 0.269 e. The summed E-state index contributed by atoms with van der Waals surface area (Å²) in [5, 5.41) is 16.1. The van der Waals surface area contributed by atoms with Crippen LogP contribution in [-0.2, 0) is 4.79 Å². The van der Waals surface area contributed by atoms with Crippen molar-refractivity contribution < 1.29 is 18.9 Å². The predicted molar refractivity (Wildman–Crippen MR) is 105 cm³/mol. The van der Waals surface area contributed by atoms with Crippen LogP contribution in [0.3, 0.4) is 0 Å². The van der Waals surface area contributed by atoms with Crippen LogP contribution in [0.4, 0.5) is 15.8 Å². The number of non-ortho nitro benzene ring substituents is 1. The Morgan fingerprint density at radius 2 is 2.00 bits per heavy atom. The number of halogens is 1. The van der Waals surface area contributed by atoms with Crippen LogP contribution in [0.1, 0.15) is 23.0 Å². The van der Waals surface area contributed by atoms with Crippen molar-refractivity contribution in [2.75, 3.05) is 11.9 Å². The Kier molecular flexibility index (Phi) is 4.97. The number of nitro groups is 1. The van der Waals surface area contributed by atoms with Gasteiger partial charge in [-0.25, -0.2) is 9.37 Å². The van der Waals surface area contributed by atoms with E-state index in [4.69, 9.17) is 0 Å². The number of nitrogens with zero attached hydrogens (tertiary/aromatic N) is 3. The molecule has 1 aliphatic rings. The molecule has 10 heteroatoms. The van der Waals surface area contributed by atoms with Crippen LogP contribution in [0.15, 0.2) is 54.7 Å². The summed E-state index contributed by atoms with van der Waals surface area (Å²) in [6, 6.07) is 11.2. The fourth-order valence-electron chi connectivity index (χ4n) is 3.38. The van der Waals surface area contributed by atoms with E-state index in [-0.39, 0.29) is 35.9 Å². The largest absolute Gasteiger partial charge is 0.349 e. The number of nitro benzene ring substituents is 1. The number of para-hydroxylation sites is 1. The molecule has 1 aliphatic heterocycles. The second-order valence-corrected chi connectivity index (χ2v) is 6.74. The molecule has 1 unspecified atom stereocenters. The molecule has 0 fully saturated rings. The first-order valence-corrected chi connectivity index (χ1v) is 9.08. The number of hydrogen-bond donors (Lipinski definition) is 2. The fraction of sp³-hybridized carbons (Fsp3) is 0.150. The van der Waals surface area contributed by atoms with Gasteiger partial charge in [0.25, 0.3) is 11.6 Å². The number of imidazole rings is 1. The molecule has 2 aromatic carbocycles. The lowest BCUT2D eigenvalue weighted by Crippen LogP contribution is -2.40. The smallest absolute Gasteiger partial charge is 0.269 e. The van der Waals surface area contributed by atoms with Crippen molar-refractivity contribution in [2.45, 2.75) is 12.5 Å². The Hall–Kier alpha value is -4.08. The third kappa shape index (κ3) is 3.62. The van der Waals surface area contributed by atoms with Crippen molar-refractivity contribution >= 4 is 23.2 Å². The van der Waals surface area contributed by atoms with Gasteiger partial charge >= 0.3 is 0 Å². The third-order valence-electron chi connectivity index (χ3n) is 4.80. The van der Waals surface area contributed by atoms with E-state index < -0.39 is 22.7 Å². The topological polar surface area (TPSA) is 119 Å². The van der Waals surface area contributed by atoms with Gasteiger partial charge in [-0.3, -0.25) is 19.7 Å². The minimum absolute atomic E-state index is 0.0298. The number of nitrogens with one attached hydrogen (secondary N) is 2. The van der Waals surface area contributed by atoms with Gasteiger partial charge in [-0.15, -0.1) is 0 Å². The number of rotatable bonds is 5. The Labute approximate surface area is 169 Å². The first-order chi connectivity index (χ1) is 14.4. The van der Waals surface area contributed by atoms with E-state index in [2.05, 4.69) is 15.6 Å². The van der Waals surface area contributed by atoms with Crippen molar-refractivity contribution in [3.05, 3.63) is 76.4 Å². The summed E-state index contributed by atoms with van der Waals surface area (Å²) >= 11 is 0. The van der Waals surface area contributed by atoms with Gasteiger partial charge in [-0.1, -0.05) is 12.1 Å². The van der Waals surface area contributed by atoms with E-state index in [0.717, 1.165) is 0 Å². The van der Waals surface area contributed by atoms with Gasteiger partial charge < -0.3 is 15.2 Å². The lowest BCUT2D eigenvalue weighted by atomic mass is 10.1. The molecule has 3 aromatic rings. The summed E-state index contributed by atoms with van der Waals surface area (Å²) in [7, 11) is 0. The van der Waals surface area contributed by atoms with Crippen LogP contribution in [0.5, 0.6) is 0 Å². The number of anilines is 1. The van der Waals surface area contributed by atoms with Gasteiger partial charge in [0.2, 0.25) is 5.91 Å². The van der Waals surface area contributed by atoms with E-state index in [1.165, 1.54) is 48.7 Å². The van der Waals surface area contributed by atoms with Crippen LogP contribution in [0, 0.1) is 15.9 Å². The van der Waals surface area contributed by atoms with Gasteiger partial charge in [0.1, 0.15) is 17.3 Å². The van der Waals surface area contributed by atoms with E-state index in [1.807, 2.05) is 0 Å². The molecule has 0 saturated heterocycles. The fourth-order valence-corrected chi connectivity index (χ4v) is 3.38. The van der Waals surface area contributed by atoms with Gasteiger partial charge in [0.05, 0.1) is 22.8 Å². The Morgan fingerprint density at radius 1 is 1.27 bits per heavy atom. The maximum absolute atomic E-state index is 13.8. The number of benzene rings is 2. The Morgan fingerprint density at radius 3 is 2.70 bits per heavy atom. The number of hydrogen-bond acceptors (Lipinski definition) is 5. The molecule has 1 aromatic heterocycles. The second kappa shape index (κ2) is 7.74. The minimum Gasteiger partial charge on any atom is -0.349 e. The number of aromatic nitrogens is 2. The van der Waals surface area contributed by atoms with Crippen LogP contribution in [0.25, 0.3) is 11.4 Å². The number of carbonyl (C=O) groups excluding carboxylic acids is 2. The highest BCUT2D eigenvalue weighted by Gasteiger charge is 2.30. The molecule has 0 radical (unpaired) electrons. The standard InChI is InChI=1S/C20H16FN5O4/c21-15-3-1-2-4-16(15)24-18(27)9-14-10-23-20(28)17-11-22-19(25(14)17)12-5-7-13(8-6-12)26(29)30/h1-8,11,14H,9-10H2,(H,23,28)(H,24,27). The van der Waals surface area contributed by atoms with Crippen molar-refractivity contribution in [3.63, 3.8) is 0 Å². The molecule has 0 spiro atoms. The summed E-state index contributed by atoms with van der Waals surface area (Å²) < 4.78 is 15.4. The molecule has 152 valence electrons. The van der Waals surface area contributed by atoms with Gasteiger partial charge in [0.15, 0.2) is 0 Å². The van der Waals surface area contributed by atoms with Gasteiger partial charge in [-0.2, -0.15) is 0 Å². The SMILES string of the molecule is O=C(CC1CNC(=O)c2cnc(-c3ccc([N+](=O)[O-])cc3)n21)Nc1ccccc1F. The minimum atomic E-state index is -0.544. The molecule has 2 heterocycles. The average Bonchev–Trinajstić information content (AvgIpc) is 3.18. The van der Waals surface area contributed by atoms with E-state index >= 15 is 0 Å². The molecule has 0 bridgehead atoms. The second-order valence-electron chi connectivity index (χ2n) is 6.74. The molecule has 9 nitrogen and oxygen atoms in total. The Balaban J connectivity index is 1.62. The maximum atomic E-state index is 13.8. The molecule has 1 atom stereocenters. The number of fused-ring (bicyclic) bond motifs is 1. The number of carbonyl (C=O) groups is 2. The first-order valence-electron chi connectivity index (χ1n) is 9.08. The summed E-state index contributed by atoms with van der Waals surface area (Å²) in [6.07, 6.45) is 1.37. The van der Waals surface area contributed by atoms with Crippen molar-refractivity contribution in [1.82, 2.24) is 14.9 Å². The summed E-state index contributed by atoms with van der Waals surface area (Å²) in [5.74, 6) is -0.881. The summed E-state index contributed by atoms with van der Waals surface area (Å²) in [6.45, 7) is 0.187. The quantitative estimate of drug-likeness (QED) is 0.496. The molecule has 4 rings (SSSR count). The normalized spacial score (nSPS) is 15.2. The zero-order valence-electron chi connectivity index (χ0n) is 15.5. The van der Waals surface area contributed by atoms with Gasteiger partial charge in [0, 0.05) is 30.7 Å². The highest BCUT2D eigenvalue weighted by Crippen LogP contribution is 2.29. The van der Waals surface area contributed by atoms with Gasteiger partial charge in [-0.05, 0) is 24.3 Å². The van der Waals surface area contributed by atoms with E-state index in [1.54, 1.807) is 10.6 Å². The predicted octanol–water partition coefficient (Wildman–Crippen LogP) is 2.91. The molecule has 0 aliphatic carbocycles. The van der Waals surface area contributed by atoms with Crippen LogP contribution < -0.4 is 10.6 Å². The van der Waals surface area contributed by atoms with E-state index in [9.17, 15) is 24.1 Å². The van der Waals surface area contributed by atoms with Crippen molar-refractivity contribution in [3.8, 4) is 11.4 Å².